The second kappa shape index (κ2) is 6.96. The van der Waals surface area contributed by atoms with Crippen LogP contribution in [0.4, 0.5) is 4.79 Å². The SMILES string of the molecule is O=C(NNC(=O)c1ccccc1)N[C@@H]1CCCc2ccccc21. The van der Waals surface area contributed by atoms with Gasteiger partial charge < -0.3 is 5.32 Å². The number of hydrogen-bond donors (Lipinski definition) is 3. The predicted molar refractivity (Wildman–Crippen MR) is 87.7 cm³/mol. The van der Waals surface area contributed by atoms with Crippen molar-refractivity contribution < 1.29 is 9.59 Å². The van der Waals surface area contributed by atoms with Crippen molar-refractivity contribution >= 4 is 11.9 Å². The Morgan fingerprint density at radius 1 is 0.913 bits per heavy atom. The van der Waals surface area contributed by atoms with Crippen LogP contribution in [0.25, 0.3) is 0 Å². The summed E-state index contributed by atoms with van der Waals surface area (Å²) in [6, 6.07) is 16.5. The van der Waals surface area contributed by atoms with Crippen LogP contribution < -0.4 is 16.2 Å². The molecule has 0 saturated carbocycles. The molecule has 0 fully saturated rings. The van der Waals surface area contributed by atoms with E-state index < -0.39 is 6.03 Å². The number of hydrazine groups is 1. The summed E-state index contributed by atoms with van der Waals surface area (Å²) in [4.78, 5) is 23.9. The topological polar surface area (TPSA) is 70.2 Å². The number of hydrogen-bond acceptors (Lipinski definition) is 2. The van der Waals surface area contributed by atoms with Crippen LogP contribution in [0.1, 0.15) is 40.4 Å². The third-order valence-electron chi connectivity index (χ3n) is 4.00. The van der Waals surface area contributed by atoms with E-state index in [0.29, 0.717) is 5.56 Å². The van der Waals surface area contributed by atoms with Crippen molar-refractivity contribution in [3.63, 3.8) is 0 Å². The molecule has 0 aromatic heterocycles. The molecule has 1 atom stereocenters. The van der Waals surface area contributed by atoms with Gasteiger partial charge in [0.2, 0.25) is 0 Å². The normalized spacial score (nSPS) is 16.1. The van der Waals surface area contributed by atoms with Gasteiger partial charge >= 0.3 is 6.03 Å². The molecule has 5 nitrogen and oxygen atoms in total. The van der Waals surface area contributed by atoms with Gasteiger partial charge in [-0.3, -0.25) is 10.2 Å². The van der Waals surface area contributed by atoms with Crippen LogP contribution in [-0.2, 0) is 6.42 Å². The van der Waals surface area contributed by atoms with Gasteiger partial charge in [0.05, 0.1) is 6.04 Å². The predicted octanol–water partition coefficient (Wildman–Crippen LogP) is 2.71. The van der Waals surface area contributed by atoms with Crippen LogP contribution in [0.2, 0.25) is 0 Å². The smallest absolute Gasteiger partial charge is 0.330 e. The number of rotatable bonds is 2. The lowest BCUT2D eigenvalue weighted by atomic mass is 9.88. The molecule has 0 spiro atoms. The highest BCUT2D eigenvalue weighted by molar-refractivity contribution is 5.95. The van der Waals surface area contributed by atoms with E-state index in [0.717, 1.165) is 24.8 Å². The molecule has 23 heavy (non-hydrogen) atoms. The Kier molecular flexibility index (Phi) is 4.57. The molecule has 3 N–H and O–H groups in total. The molecule has 2 aromatic rings. The molecule has 0 heterocycles. The molecule has 0 unspecified atom stereocenters. The van der Waals surface area contributed by atoms with E-state index >= 15 is 0 Å². The van der Waals surface area contributed by atoms with E-state index in [4.69, 9.17) is 0 Å². The summed E-state index contributed by atoms with van der Waals surface area (Å²) in [5.74, 6) is -0.343. The van der Waals surface area contributed by atoms with Gasteiger partial charge in [-0.2, -0.15) is 0 Å². The minimum atomic E-state index is -0.406. The molecule has 3 rings (SSSR count). The van der Waals surface area contributed by atoms with Gasteiger partial charge in [-0.05, 0) is 42.5 Å². The van der Waals surface area contributed by atoms with Crippen LogP contribution in [0, 0.1) is 0 Å². The number of carbonyl (C=O) groups excluding carboxylic acids is 2. The molecule has 0 saturated heterocycles. The average molecular weight is 309 g/mol. The number of nitrogens with one attached hydrogen (secondary N) is 3. The first-order chi connectivity index (χ1) is 11.2. The summed E-state index contributed by atoms with van der Waals surface area (Å²) in [6.07, 6.45) is 2.98. The van der Waals surface area contributed by atoms with Crippen LogP contribution in [0.5, 0.6) is 0 Å². The second-order valence-corrected chi connectivity index (χ2v) is 5.56. The molecule has 118 valence electrons. The van der Waals surface area contributed by atoms with Crippen molar-refractivity contribution in [3.05, 3.63) is 71.3 Å². The fourth-order valence-corrected chi connectivity index (χ4v) is 2.87. The first-order valence-electron chi connectivity index (χ1n) is 7.74. The maximum Gasteiger partial charge on any atom is 0.333 e. The van der Waals surface area contributed by atoms with Crippen molar-refractivity contribution in [1.29, 1.82) is 0 Å². The highest BCUT2D eigenvalue weighted by Crippen LogP contribution is 2.29. The van der Waals surface area contributed by atoms with Crippen LogP contribution in [0.3, 0.4) is 0 Å². The molecule has 1 aliphatic rings. The van der Waals surface area contributed by atoms with Crippen LogP contribution >= 0.6 is 0 Å². The third kappa shape index (κ3) is 3.69. The number of urea groups is 1. The lowest BCUT2D eigenvalue weighted by Crippen LogP contribution is -2.48. The van der Waals surface area contributed by atoms with Crippen molar-refractivity contribution in [3.8, 4) is 0 Å². The molecular weight excluding hydrogens is 290 g/mol. The fraction of sp³-hybridized carbons (Fsp3) is 0.222. The lowest BCUT2D eigenvalue weighted by molar-refractivity contribution is 0.0935. The van der Waals surface area contributed by atoms with Gasteiger partial charge in [0, 0.05) is 5.56 Å². The van der Waals surface area contributed by atoms with E-state index in [9.17, 15) is 9.59 Å². The van der Waals surface area contributed by atoms with Crippen LogP contribution in [-0.4, -0.2) is 11.9 Å². The summed E-state index contributed by atoms with van der Waals surface area (Å²) < 4.78 is 0. The Bertz CT molecular complexity index is 700. The molecule has 5 heteroatoms. The Hall–Kier alpha value is -2.82. The van der Waals surface area contributed by atoms with E-state index in [1.165, 1.54) is 5.56 Å². The van der Waals surface area contributed by atoms with Gasteiger partial charge in [0.15, 0.2) is 0 Å². The van der Waals surface area contributed by atoms with Crippen molar-refractivity contribution in [1.82, 2.24) is 16.2 Å². The first-order valence-corrected chi connectivity index (χ1v) is 7.74. The lowest BCUT2D eigenvalue weighted by Gasteiger charge is -2.26. The van der Waals surface area contributed by atoms with E-state index in [-0.39, 0.29) is 11.9 Å². The molecular formula is C18H19N3O2. The number of carbonyl (C=O) groups is 2. The largest absolute Gasteiger partial charge is 0.333 e. The second-order valence-electron chi connectivity index (χ2n) is 5.56. The van der Waals surface area contributed by atoms with Crippen LogP contribution in [0.15, 0.2) is 54.6 Å². The zero-order valence-electron chi connectivity index (χ0n) is 12.7. The van der Waals surface area contributed by atoms with Crippen molar-refractivity contribution in [2.45, 2.75) is 25.3 Å². The first kappa shape index (κ1) is 15.1. The Morgan fingerprint density at radius 2 is 1.65 bits per heavy atom. The van der Waals surface area contributed by atoms with Gasteiger partial charge in [-0.1, -0.05) is 42.5 Å². The maximum atomic E-state index is 12.0. The summed E-state index contributed by atoms with van der Waals surface area (Å²) in [6.45, 7) is 0. The Morgan fingerprint density at radius 3 is 2.48 bits per heavy atom. The number of fused-ring (bicyclic) bond motifs is 1. The maximum absolute atomic E-state index is 12.0. The molecule has 0 radical (unpaired) electrons. The Labute approximate surface area is 135 Å². The molecule has 1 aliphatic carbocycles. The summed E-state index contributed by atoms with van der Waals surface area (Å²) in [5, 5.41) is 2.92. The number of benzene rings is 2. The fourth-order valence-electron chi connectivity index (χ4n) is 2.87. The average Bonchev–Trinajstić information content (AvgIpc) is 2.61. The molecule has 2 aromatic carbocycles. The minimum Gasteiger partial charge on any atom is -0.330 e. The van der Waals surface area contributed by atoms with Gasteiger partial charge in [0.25, 0.3) is 5.91 Å². The summed E-state index contributed by atoms with van der Waals surface area (Å²) in [5.41, 5.74) is 7.75. The van der Waals surface area contributed by atoms with E-state index in [1.807, 2.05) is 24.3 Å². The standard InChI is InChI=1S/C18H19N3O2/c22-17(14-8-2-1-3-9-14)20-21-18(23)19-16-12-6-10-13-7-4-5-11-15(13)16/h1-5,7-9,11,16H,6,10,12H2,(H,20,22)(H2,19,21,23)/t16-/m1/s1. The minimum absolute atomic E-state index is 0.0198. The molecule has 0 aliphatic heterocycles. The number of aryl methyl sites for hydroxylation is 1. The molecule has 3 amide bonds. The monoisotopic (exact) mass is 309 g/mol. The summed E-state index contributed by atoms with van der Waals surface area (Å²) >= 11 is 0. The van der Waals surface area contributed by atoms with Crippen molar-refractivity contribution in [2.24, 2.45) is 0 Å². The van der Waals surface area contributed by atoms with E-state index in [1.54, 1.807) is 24.3 Å². The highest BCUT2D eigenvalue weighted by Gasteiger charge is 2.21. The molecule has 0 bridgehead atoms. The van der Waals surface area contributed by atoms with Gasteiger partial charge in [-0.25, -0.2) is 10.2 Å². The van der Waals surface area contributed by atoms with Gasteiger partial charge in [-0.15, -0.1) is 0 Å². The summed E-state index contributed by atoms with van der Waals surface area (Å²) in [7, 11) is 0. The number of amides is 3. The van der Waals surface area contributed by atoms with Gasteiger partial charge in [0.1, 0.15) is 0 Å². The Balaban J connectivity index is 1.55. The van der Waals surface area contributed by atoms with E-state index in [2.05, 4.69) is 22.2 Å². The third-order valence-corrected chi connectivity index (χ3v) is 4.00. The zero-order valence-corrected chi connectivity index (χ0v) is 12.7. The quantitative estimate of drug-likeness (QED) is 0.747. The van der Waals surface area contributed by atoms with Crippen molar-refractivity contribution in [2.75, 3.05) is 0 Å². The zero-order chi connectivity index (χ0) is 16.1. The highest BCUT2D eigenvalue weighted by atomic mass is 16.2.